The smallest absolute Gasteiger partial charge is 0.0207 e. The van der Waals surface area contributed by atoms with E-state index in [-0.39, 0.29) is 0 Å². The Morgan fingerprint density at radius 2 is 1.42 bits per heavy atom. The Balaban J connectivity index is 4.87. The molecule has 0 bridgehead atoms. The van der Waals surface area contributed by atoms with Crippen molar-refractivity contribution in [3.63, 3.8) is 0 Å². The molecule has 0 heteroatoms. The number of allylic oxidation sites excluding steroid dienone is 6. The van der Waals surface area contributed by atoms with Crippen LogP contribution in [0.5, 0.6) is 0 Å². The van der Waals surface area contributed by atoms with Crippen LogP contribution in [0.4, 0.5) is 0 Å². The van der Waals surface area contributed by atoms with Crippen LogP contribution in [0.25, 0.3) is 0 Å². The van der Waals surface area contributed by atoms with Gasteiger partial charge in [0.15, 0.2) is 0 Å². The first kappa shape index (κ1) is 11.0. The average molecular weight is 162 g/mol. The third-order valence-corrected chi connectivity index (χ3v) is 1.75. The Labute approximate surface area is 76.0 Å². The summed E-state index contributed by atoms with van der Waals surface area (Å²) in [6, 6.07) is 0. The molecule has 0 N–H and O–H groups in total. The van der Waals surface area contributed by atoms with Crippen molar-refractivity contribution >= 4 is 0 Å². The van der Waals surface area contributed by atoms with E-state index in [0.717, 1.165) is 16.7 Å². The zero-order valence-corrected chi connectivity index (χ0v) is 8.57. The van der Waals surface area contributed by atoms with Gasteiger partial charge in [-0.15, -0.1) is 0 Å². The zero-order valence-electron chi connectivity index (χ0n) is 8.57. The highest BCUT2D eigenvalue weighted by molar-refractivity contribution is 5.45. The van der Waals surface area contributed by atoms with E-state index in [0.29, 0.717) is 0 Å². The monoisotopic (exact) mass is 162 g/mol. The van der Waals surface area contributed by atoms with Crippen LogP contribution in [0.3, 0.4) is 0 Å². The van der Waals surface area contributed by atoms with Gasteiger partial charge in [0.05, 0.1) is 0 Å². The van der Waals surface area contributed by atoms with Crippen LogP contribution in [0.15, 0.2) is 47.6 Å². The molecule has 0 spiro atoms. The van der Waals surface area contributed by atoms with E-state index >= 15 is 0 Å². The molecule has 0 radical (unpaired) electrons. The van der Waals surface area contributed by atoms with Gasteiger partial charge >= 0.3 is 0 Å². The number of rotatable bonds is 3. The molecule has 0 nitrogen and oxygen atoms in total. The molecule has 12 heavy (non-hydrogen) atoms. The predicted octanol–water partition coefficient (Wildman–Crippen LogP) is 4.03. The minimum absolute atomic E-state index is 1.07. The summed E-state index contributed by atoms with van der Waals surface area (Å²) in [6.07, 6.45) is 4.19. The second-order valence-corrected chi connectivity index (χ2v) is 3.15. The van der Waals surface area contributed by atoms with Gasteiger partial charge in [-0.25, -0.2) is 0 Å². The quantitative estimate of drug-likeness (QED) is 0.549. The van der Waals surface area contributed by atoms with Gasteiger partial charge in [0.25, 0.3) is 0 Å². The van der Waals surface area contributed by atoms with E-state index in [1.165, 1.54) is 5.57 Å². The van der Waals surface area contributed by atoms with Crippen molar-refractivity contribution in [2.75, 3.05) is 0 Å². The summed E-state index contributed by atoms with van der Waals surface area (Å²) >= 11 is 0. The zero-order chi connectivity index (χ0) is 9.72. The van der Waals surface area contributed by atoms with Crippen molar-refractivity contribution < 1.29 is 0 Å². The first-order valence-electron chi connectivity index (χ1n) is 4.15. The lowest BCUT2D eigenvalue weighted by atomic mass is 10.0. The molecule has 0 rings (SSSR count). The fraction of sp³-hybridized carbons (Fsp3) is 0.333. The first-order chi connectivity index (χ1) is 5.49. The lowest BCUT2D eigenvalue weighted by Gasteiger charge is -2.05. The summed E-state index contributed by atoms with van der Waals surface area (Å²) in [6.45, 7) is 15.9. The van der Waals surface area contributed by atoms with E-state index in [4.69, 9.17) is 0 Å². The van der Waals surface area contributed by atoms with Crippen molar-refractivity contribution in [3.8, 4) is 0 Å². The SMILES string of the molecule is C=C(C)C(=CC(C)=CC)C(=C)C. The average Bonchev–Trinajstić information content (AvgIpc) is 1.98. The van der Waals surface area contributed by atoms with Gasteiger partial charge in [-0.2, -0.15) is 0 Å². The molecule has 0 fully saturated rings. The highest BCUT2D eigenvalue weighted by Gasteiger charge is 1.97. The normalized spacial score (nSPS) is 10.8. The number of hydrogen-bond donors (Lipinski definition) is 0. The molecule has 0 saturated carbocycles. The fourth-order valence-electron chi connectivity index (χ4n) is 0.922. The van der Waals surface area contributed by atoms with E-state index in [1.54, 1.807) is 0 Å². The van der Waals surface area contributed by atoms with E-state index in [2.05, 4.69) is 32.2 Å². The van der Waals surface area contributed by atoms with Crippen LogP contribution in [0, 0.1) is 0 Å². The van der Waals surface area contributed by atoms with Crippen molar-refractivity contribution in [3.05, 3.63) is 47.6 Å². The molecule has 0 atom stereocenters. The van der Waals surface area contributed by atoms with Crippen LogP contribution in [0.2, 0.25) is 0 Å². The van der Waals surface area contributed by atoms with Gasteiger partial charge in [-0.3, -0.25) is 0 Å². The largest absolute Gasteiger partial charge is 0.0955 e. The molecular formula is C12H18. The Bertz CT molecular complexity index is 233. The Morgan fingerprint density at radius 1 is 1.00 bits per heavy atom. The van der Waals surface area contributed by atoms with Gasteiger partial charge in [-0.05, 0) is 33.3 Å². The van der Waals surface area contributed by atoms with Crippen LogP contribution in [-0.2, 0) is 0 Å². The summed E-state index contributed by atoms with van der Waals surface area (Å²) in [5.74, 6) is 0. The lowest BCUT2D eigenvalue weighted by molar-refractivity contribution is 1.32. The van der Waals surface area contributed by atoms with Crippen molar-refractivity contribution in [1.82, 2.24) is 0 Å². The first-order valence-corrected chi connectivity index (χ1v) is 4.15. The molecular weight excluding hydrogens is 144 g/mol. The molecule has 0 aliphatic rings. The van der Waals surface area contributed by atoms with Gasteiger partial charge < -0.3 is 0 Å². The van der Waals surface area contributed by atoms with Gasteiger partial charge in [-0.1, -0.05) is 42.0 Å². The molecule has 0 aromatic rings. The maximum Gasteiger partial charge on any atom is -0.0207 e. The molecule has 0 aromatic heterocycles. The van der Waals surface area contributed by atoms with E-state index in [1.807, 2.05) is 20.8 Å². The van der Waals surface area contributed by atoms with E-state index in [9.17, 15) is 0 Å². The molecule has 0 heterocycles. The van der Waals surface area contributed by atoms with Crippen LogP contribution < -0.4 is 0 Å². The molecule has 0 aliphatic carbocycles. The highest BCUT2D eigenvalue weighted by Crippen LogP contribution is 2.17. The Kier molecular flexibility index (Phi) is 4.35. The van der Waals surface area contributed by atoms with E-state index < -0.39 is 0 Å². The second-order valence-electron chi connectivity index (χ2n) is 3.15. The summed E-state index contributed by atoms with van der Waals surface area (Å²) in [5.41, 5.74) is 4.55. The summed E-state index contributed by atoms with van der Waals surface area (Å²) in [7, 11) is 0. The van der Waals surface area contributed by atoms with Gasteiger partial charge in [0.1, 0.15) is 0 Å². The highest BCUT2D eigenvalue weighted by atomic mass is 14.0. The van der Waals surface area contributed by atoms with Crippen LogP contribution in [-0.4, -0.2) is 0 Å². The molecule has 0 aromatic carbocycles. The van der Waals surface area contributed by atoms with Crippen molar-refractivity contribution in [2.45, 2.75) is 27.7 Å². The minimum Gasteiger partial charge on any atom is -0.0955 e. The van der Waals surface area contributed by atoms with Gasteiger partial charge in [0, 0.05) is 0 Å². The Morgan fingerprint density at radius 3 is 1.67 bits per heavy atom. The number of hydrogen-bond acceptors (Lipinski definition) is 0. The van der Waals surface area contributed by atoms with Crippen molar-refractivity contribution in [1.29, 1.82) is 0 Å². The molecule has 0 amide bonds. The van der Waals surface area contributed by atoms with Crippen LogP contribution in [0.1, 0.15) is 27.7 Å². The fourth-order valence-corrected chi connectivity index (χ4v) is 0.922. The molecule has 0 unspecified atom stereocenters. The lowest BCUT2D eigenvalue weighted by Crippen LogP contribution is -1.86. The topological polar surface area (TPSA) is 0 Å². The third kappa shape index (κ3) is 3.38. The standard InChI is InChI=1S/C12H18/c1-7-11(6)8-12(9(2)3)10(4)5/h7-8H,2,4H2,1,3,5-6H3. The predicted molar refractivity (Wildman–Crippen MR) is 57.1 cm³/mol. The Hall–Kier alpha value is -1.04. The van der Waals surface area contributed by atoms with Crippen molar-refractivity contribution in [2.24, 2.45) is 0 Å². The summed E-state index contributed by atoms with van der Waals surface area (Å²) in [5, 5.41) is 0. The second kappa shape index (κ2) is 4.76. The maximum atomic E-state index is 3.91. The molecule has 66 valence electrons. The maximum absolute atomic E-state index is 3.91. The third-order valence-electron chi connectivity index (χ3n) is 1.75. The minimum atomic E-state index is 1.07. The molecule has 0 saturated heterocycles. The van der Waals surface area contributed by atoms with Crippen LogP contribution >= 0.6 is 0 Å². The van der Waals surface area contributed by atoms with Gasteiger partial charge in [0.2, 0.25) is 0 Å². The summed E-state index contributed by atoms with van der Waals surface area (Å²) in [4.78, 5) is 0. The molecule has 0 aliphatic heterocycles. The summed E-state index contributed by atoms with van der Waals surface area (Å²) < 4.78 is 0.